The van der Waals surface area contributed by atoms with Crippen molar-refractivity contribution in [2.24, 2.45) is 14.1 Å². The predicted octanol–water partition coefficient (Wildman–Crippen LogP) is 3.82. The highest BCUT2D eigenvalue weighted by molar-refractivity contribution is 7.99. The highest BCUT2D eigenvalue weighted by Crippen LogP contribution is 2.32. The third kappa shape index (κ3) is 5.01. The van der Waals surface area contributed by atoms with Gasteiger partial charge in [-0.15, -0.1) is 10.2 Å². The van der Waals surface area contributed by atoms with Crippen LogP contribution in [0, 0.1) is 0 Å². The summed E-state index contributed by atoms with van der Waals surface area (Å²) in [4.78, 5) is 23.8. The van der Waals surface area contributed by atoms with Crippen LogP contribution in [-0.4, -0.2) is 49.1 Å². The molecule has 0 radical (unpaired) electrons. The number of benzene rings is 2. The maximum Gasteiger partial charge on any atom is 0.234 e. The molecule has 0 aliphatic rings. The molecular formula is C24H24N6O3S. The van der Waals surface area contributed by atoms with E-state index in [9.17, 15) is 9.59 Å². The number of hydrogen-bond donors (Lipinski definition) is 1. The zero-order valence-electron chi connectivity index (χ0n) is 19.3. The third-order valence-corrected chi connectivity index (χ3v) is 6.18. The maximum atomic E-state index is 12.4. The largest absolute Gasteiger partial charge is 0.497 e. The summed E-state index contributed by atoms with van der Waals surface area (Å²) < 4.78 is 8.93. The molecular weight excluding hydrogens is 452 g/mol. The third-order valence-electron chi connectivity index (χ3n) is 5.16. The summed E-state index contributed by atoms with van der Waals surface area (Å²) in [6.07, 6.45) is 1.89. The van der Waals surface area contributed by atoms with Crippen molar-refractivity contribution in [1.82, 2.24) is 24.5 Å². The molecule has 174 valence electrons. The smallest absolute Gasteiger partial charge is 0.234 e. The van der Waals surface area contributed by atoms with Crippen LogP contribution in [0.1, 0.15) is 17.3 Å². The number of Topliss-reactive ketones (excluding diaryl/α,β-unsaturated/α-hetero) is 1. The number of ether oxygens (including phenoxy) is 1. The molecule has 0 aliphatic heterocycles. The number of carbonyl (C=O) groups excluding carboxylic acids is 2. The Labute approximate surface area is 201 Å². The fourth-order valence-corrected chi connectivity index (χ4v) is 4.14. The van der Waals surface area contributed by atoms with Gasteiger partial charge in [0.05, 0.1) is 18.4 Å². The van der Waals surface area contributed by atoms with Crippen LogP contribution in [0.3, 0.4) is 0 Å². The summed E-state index contributed by atoms with van der Waals surface area (Å²) in [7, 11) is 5.34. The number of nitrogens with one attached hydrogen (secondary N) is 1. The van der Waals surface area contributed by atoms with Crippen LogP contribution < -0.4 is 10.1 Å². The van der Waals surface area contributed by atoms with E-state index in [2.05, 4.69) is 20.6 Å². The minimum Gasteiger partial charge on any atom is -0.497 e. The van der Waals surface area contributed by atoms with Gasteiger partial charge < -0.3 is 14.6 Å². The minimum atomic E-state index is -0.177. The van der Waals surface area contributed by atoms with Gasteiger partial charge in [0.1, 0.15) is 11.4 Å². The van der Waals surface area contributed by atoms with Gasteiger partial charge in [0.15, 0.2) is 16.8 Å². The van der Waals surface area contributed by atoms with Gasteiger partial charge in [0.25, 0.3) is 0 Å². The highest BCUT2D eigenvalue weighted by Gasteiger charge is 2.20. The molecule has 0 saturated carbocycles. The van der Waals surface area contributed by atoms with Gasteiger partial charge in [-0.3, -0.25) is 14.3 Å². The van der Waals surface area contributed by atoms with Crippen LogP contribution in [-0.2, 0) is 18.9 Å². The Balaban J connectivity index is 1.48. The second kappa shape index (κ2) is 9.92. The lowest BCUT2D eigenvalue weighted by molar-refractivity contribution is -0.113. The first-order chi connectivity index (χ1) is 16.4. The minimum absolute atomic E-state index is 0.0188. The van der Waals surface area contributed by atoms with Crippen LogP contribution in [0.15, 0.2) is 59.9 Å². The van der Waals surface area contributed by atoms with E-state index in [4.69, 9.17) is 4.74 Å². The van der Waals surface area contributed by atoms with Crippen LogP contribution in [0.25, 0.3) is 22.6 Å². The SMILES string of the molecule is COc1cccc(-c2nn(C)cc2-c2nnc(SCC(=O)Nc3ccc(C(C)=O)cc3)n2C)c1. The normalized spacial score (nSPS) is 10.8. The van der Waals surface area contributed by atoms with E-state index in [1.54, 1.807) is 36.1 Å². The molecule has 0 atom stereocenters. The van der Waals surface area contributed by atoms with E-state index >= 15 is 0 Å². The zero-order valence-corrected chi connectivity index (χ0v) is 20.1. The first-order valence-corrected chi connectivity index (χ1v) is 11.5. The maximum absolute atomic E-state index is 12.4. The van der Waals surface area contributed by atoms with E-state index in [1.165, 1.54) is 18.7 Å². The van der Waals surface area contributed by atoms with Crippen LogP contribution in [0.4, 0.5) is 5.69 Å². The van der Waals surface area contributed by atoms with Gasteiger partial charge in [-0.1, -0.05) is 23.9 Å². The molecule has 4 rings (SSSR count). The van der Waals surface area contributed by atoms with Gasteiger partial charge in [-0.25, -0.2) is 0 Å². The first kappa shape index (κ1) is 23.2. The average molecular weight is 477 g/mol. The van der Waals surface area contributed by atoms with Gasteiger partial charge in [-0.05, 0) is 43.3 Å². The predicted molar refractivity (Wildman–Crippen MR) is 131 cm³/mol. The number of carbonyl (C=O) groups is 2. The van der Waals surface area contributed by atoms with Gasteiger partial charge in [-0.2, -0.15) is 5.10 Å². The topological polar surface area (TPSA) is 104 Å². The zero-order chi connectivity index (χ0) is 24.2. The Morgan fingerprint density at radius 2 is 1.85 bits per heavy atom. The number of nitrogens with zero attached hydrogens (tertiary/aromatic N) is 5. The molecule has 2 aromatic carbocycles. The van der Waals surface area contributed by atoms with Crippen molar-refractivity contribution in [2.45, 2.75) is 12.1 Å². The Kier molecular flexibility index (Phi) is 6.78. The summed E-state index contributed by atoms with van der Waals surface area (Å²) in [6.45, 7) is 1.50. The Bertz CT molecular complexity index is 1340. The number of anilines is 1. The fourth-order valence-electron chi connectivity index (χ4n) is 3.43. The number of thioether (sulfide) groups is 1. The number of ketones is 1. The molecule has 10 heteroatoms. The van der Waals surface area contributed by atoms with Gasteiger partial charge in [0.2, 0.25) is 5.91 Å². The number of aromatic nitrogens is 5. The molecule has 0 spiro atoms. The van der Waals surface area contributed by atoms with Crippen molar-refractivity contribution in [3.63, 3.8) is 0 Å². The van der Waals surface area contributed by atoms with Gasteiger partial charge in [0, 0.05) is 37.1 Å². The Hall–Kier alpha value is -3.92. The summed E-state index contributed by atoms with van der Waals surface area (Å²) in [6, 6.07) is 14.5. The molecule has 1 N–H and O–H groups in total. The summed E-state index contributed by atoms with van der Waals surface area (Å²) in [5, 5.41) is 16.7. The molecule has 0 fully saturated rings. The number of amides is 1. The standard InChI is InChI=1S/C24H24N6O3S/c1-15(31)16-8-10-18(11-9-16)25-21(32)14-34-24-27-26-23(30(24)3)20-13-29(2)28-22(20)17-6-5-7-19(12-17)33-4/h5-13H,14H2,1-4H3,(H,25,32). The number of rotatable bonds is 8. The van der Waals surface area contributed by atoms with E-state index in [0.29, 0.717) is 22.2 Å². The van der Waals surface area contributed by atoms with Crippen molar-refractivity contribution >= 4 is 29.1 Å². The lowest BCUT2D eigenvalue weighted by atomic mass is 10.1. The molecule has 2 aromatic heterocycles. The average Bonchev–Trinajstić information content (AvgIpc) is 3.40. The molecule has 0 aliphatic carbocycles. The van der Waals surface area contributed by atoms with E-state index in [-0.39, 0.29) is 17.4 Å². The first-order valence-electron chi connectivity index (χ1n) is 10.5. The monoisotopic (exact) mass is 476 g/mol. The molecule has 0 saturated heterocycles. The molecule has 34 heavy (non-hydrogen) atoms. The molecule has 0 bridgehead atoms. The molecule has 4 aromatic rings. The molecule has 2 heterocycles. The molecule has 1 amide bonds. The quantitative estimate of drug-likeness (QED) is 0.304. The number of methoxy groups -OCH3 is 1. The van der Waals surface area contributed by atoms with Crippen LogP contribution >= 0.6 is 11.8 Å². The summed E-state index contributed by atoms with van der Waals surface area (Å²) >= 11 is 1.29. The van der Waals surface area contributed by atoms with Crippen molar-refractivity contribution in [3.8, 4) is 28.4 Å². The molecule has 0 unspecified atom stereocenters. The van der Waals surface area contributed by atoms with Crippen LogP contribution in [0.2, 0.25) is 0 Å². The van der Waals surface area contributed by atoms with E-state index in [0.717, 1.165) is 22.6 Å². The fraction of sp³-hybridized carbons (Fsp3) is 0.208. The number of aryl methyl sites for hydroxylation is 1. The van der Waals surface area contributed by atoms with Crippen molar-refractivity contribution in [2.75, 3.05) is 18.2 Å². The van der Waals surface area contributed by atoms with E-state index < -0.39 is 0 Å². The van der Waals surface area contributed by atoms with Crippen LogP contribution in [0.5, 0.6) is 5.75 Å². The van der Waals surface area contributed by atoms with Gasteiger partial charge >= 0.3 is 0 Å². The second-order valence-corrected chi connectivity index (χ2v) is 8.58. The molecule has 9 nitrogen and oxygen atoms in total. The highest BCUT2D eigenvalue weighted by atomic mass is 32.2. The number of hydrogen-bond acceptors (Lipinski definition) is 7. The second-order valence-electron chi connectivity index (χ2n) is 7.63. The lowest BCUT2D eigenvalue weighted by Crippen LogP contribution is -2.14. The van der Waals surface area contributed by atoms with E-state index in [1.807, 2.05) is 49.1 Å². The Morgan fingerprint density at radius 3 is 2.56 bits per heavy atom. The van der Waals surface area contributed by atoms with Crippen molar-refractivity contribution < 1.29 is 14.3 Å². The Morgan fingerprint density at radius 1 is 1.09 bits per heavy atom. The van der Waals surface area contributed by atoms with Crippen molar-refractivity contribution in [1.29, 1.82) is 0 Å². The summed E-state index contributed by atoms with van der Waals surface area (Å²) in [5.41, 5.74) is 3.73. The van der Waals surface area contributed by atoms with Crippen molar-refractivity contribution in [3.05, 3.63) is 60.3 Å². The lowest BCUT2D eigenvalue weighted by Gasteiger charge is -2.07. The summed E-state index contributed by atoms with van der Waals surface area (Å²) in [5.74, 6) is 1.35.